The molecule has 2 heterocycles. The summed E-state index contributed by atoms with van der Waals surface area (Å²) >= 11 is 0. The molecule has 0 amide bonds. The first kappa shape index (κ1) is 12.3. The normalized spacial score (nSPS) is 18.9. The zero-order chi connectivity index (χ0) is 12.1. The summed E-state index contributed by atoms with van der Waals surface area (Å²) in [7, 11) is 2.13. The van der Waals surface area contributed by atoms with E-state index >= 15 is 0 Å². The van der Waals surface area contributed by atoms with Crippen molar-refractivity contribution in [3.8, 4) is 0 Å². The van der Waals surface area contributed by atoms with E-state index in [0.29, 0.717) is 6.04 Å². The highest BCUT2D eigenvalue weighted by Crippen LogP contribution is 2.11. The van der Waals surface area contributed by atoms with Crippen LogP contribution in [-0.4, -0.2) is 55.7 Å². The topological polar surface area (TPSA) is 31.4 Å². The smallest absolute Gasteiger partial charge is 0.0550 e. The van der Waals surface area contributed by atoms with E-state index in [1.54, 1.807) is 0 Å². The summed E-state index contributed by atoms with van der Waals surface area (Å²) in [6.07, 6.45) is 3.74. The number of anilines is 1. The molecule has 1 fully saturated rings. The third-order valence-electron chi connectivity index (χ3n) is 3.40. The van der Waals surface area contributed by atoms with Gasteiger partial charge in [0.25, 0.3) is 0 Å². The van der Waals surface area contributed by atoms with Crippen molar-refractivity contribution in [1.29, 1.82) is 0 Å². The van der Waals surface area contributed by atoms with Crippen LogP contribution in [0.4, 0.5) is 5.69 Å². The van der Waals surface area contributed by atoms with Gasteiger partial charge in [0.2, 0.25) is 0 Å². The molecule has 2 rings (SSSR count). The van der Waals surface area contributed by atoms with E-state index in [1.807, 2.05) is 18.5 Å². The van der Waals surface area contributed by atoms with Gasteiger partial charge in [-0.2, -0.15) is 0 Å². The fraction of sp³-hybridized carbons (Fsp3) is 0.615. The third kappa shape index (κ3) is 3.41. The molecule has 4 heteroatoms. The van der Waals surface area contributed by atoms with Crippen molar-refractivity contribution in [2.24, 2.45) is 0 Å². The molecule has 0 radical (unpaired) electrons. The predicted octanol–water partition coefficient (Wildman–Crippen LogP) is 0.811. The minimum Gasteiger partial charge on any atom is -0.372 e. The number of pyridine rings is 1. The molecule has 1 aliphatic rings. The largest absolute Gasteiger partial charge is 0.372 e. The van der Waals surface area contributed by atoms with E-state index in [4.69, 9.17) is 0 Å². The zero-order valence-electron chi connectivity index (χ0n) is 10.8. The van der Waals surface area contributed by atoms with Crippen LogP contribution in [0.1, 0.15) is 6.92 Å². The highest BCUT2D eigenvalue weighted by Gasteiger charge is 2.17. The number of nitrogens with one attached hydrogen (secondary N) is 1. The Hall–Kier alpha value is -1.13. The lowest BCUT2D eigenvalue weighted by Gasteiger charge is -2.35. The molecular weight excluding hydrogens is 212 g/mol. The van der Waals surface area contributed by atoms with Crippen LogP contribution in [0.3, 0.4) is 0 Å². The Labute approximate surface area is 104 Å². The first-order valence-electron chi connectivity index (χ1n) is 6.33. The minimum atomic E-state index is 0.585. The van der Waals surface area contributed by atoms with Crippen LogP contribution in [0.5, 0.6) is 0 Å². The molecule has 1 aliphatic heterocycles. The van der Waals surface area contributed by atoms with Crippen LogP contribution < -0.4 is 10.2 Å². The first-order valence-corrected chi connectivity index (χ1v) is 6.33. The van der Waals surface area contributed by atoms with E-state index in [-0.39, 0.29) is 0 Å². The lowest BCUT2D eigenvalue weighted by atomic mass is 10.2. The molecule has 0 bridgehead atoms. The zero-order valence-corrected chi connectivity index (χ0v) is 10.8. The Morgan fingerprint density at radius 1 is 1.47 bits per heavy atom. The molecule has 1 atom stereocenters. The average Bonchev–Trinajstić information content (AvgIpc) is 2.40. The molecule has 17 heavy (non-hydrogen) atoms. The van der Waals surface area contributed by atoms with Gasteiger partial charge in [-0.1, -0.05) is 0 Å². The van der Waals surface area contributed by atoms with Gasteiger partial charge in [0.1, 0.15) is 0 Å². The van der Waals surface area contributed by atoms with E-state index in [2.05, 4.69) is 40.1 Å². The lowest BCUT2D eigenvalue weighted by molar-refractivity contribution is 0.187. The maximum absolute atomic E-state index is 4.16. The number of piperazine rings is 1. The van der Waals surface area contributed by atoms with Crippen LogP contribution >= 0.6 is 0 Å². The van der Waals surface area contributed by atoms with Crippen molar-refractivity contribution in [3.05, 3.63) is 24.5 Å². The van der Waals surface area contributed by atoms with Gasteiger partial charge in [0.15, 0.2) is 0 Å². The van der Waals surface area contributed by atoms with E-state index in [0.717, 1.165) is 32.7 Å². The van der Waals surface area contributed by atoms with Crippen molar-refractivity contribution in [1.82, 2.24) is 15.2 Å². The fourth-order valence-corrected chi connectivity index (χ4v) is 2.32. The highest BCUT2D eigenvalue weighted by molar-refractivity contribution is 5.42. The van der Waals surface area contributed by atoms with Gasteiger partial charge < -0.3 is 10.2 Å². The average molecular weight is 234 g/mol. The summed E-state index contributed by atoms with van der Waals surface area (Å²) in [5.74, 6) is 0. The SMILES string of the molecule is CC(CN(C)c1cccnc1)N1CCNCC1. The predicted molar refractivity (Wildman–Crippen MR) is 71.4 cm³/mol. The minimum absolute atomic E-state index is 0.585. The Bertz CT molecular complexity index is 321. The molecule has 0 aromatic carbocycles. The highest BCUT2D eigenvalue weighted by atomic mass is 15.2. The number of rotatable bonds is 4. The molecule has 0 spiro atoms. The Balaban J connectivity index is 1.87. The second-order valence-corrected chi connectivity index (χ2v) is 4.73. The molecule has 94 valence electrons. The molecule has 1 aromatic heterocycles. The summed E-state index contributed by atoms with van der Waals surface area (Å²) < 4.78 is 0. The number of hydrogen-bond acceptors (Lipinski definition) is 4. The van der Waals surface area contributed by atoms with Gasteiger partial charge in [-0.25, -0.2) is 0 Å². The molecule has 1 saturated heterocycles. The Morgan fingerprint density at radius 3 is 2.88 bits per heavy atom. The lowest BCUT2D eigenvalue weighted by Crippen LogP contribution is -2.50. The molecule has 4 nitrogen and oxygen atoms in total. The summed E-state index contributed by atoms with van der Waals surface area (Å²) in [4.78, 5) is 8.98. The molecule has 0 aliphatic carbocycles. The van der Waals surface area contributed by atoms with E-state index in [9.17, 15) is 0 Å². The van der Waals surface area contributed by atoms with Crippen LogP contribution in [0.2, 0.25) is 0 Å². The van der Waals surface area contributed by atoms with Crippen LogP contribution in [-0.2, 0) is 0 Å². The second-order valence-electron chi connectivity index (χ2n) is 4.73. The number of nitrogens with zero attached hydrogens (tertiary/aromatic N) is 3. The Kier molecular flexibility index (Phi) is 4.34. The standard InChI is InChI=1S/C13H22N4/c1-12(17-8-6-14-7-9-17)11-16(2)13-4-3-5-15-10-13/h3-5,10,12,14H,6-9,11H2,1-2H3. The molecule has 1 aromatic rings. The Morgan fingerprint density at radius 2 is 2.24 bits per heavy atom. The summed E-state index contributed by atoms with van der Waals surface area (Å²) in [5.41, 5.74) is 1.19. The molecule has 1 unspecified atom stereocenters. The van der Waals surface area contributed by atoms with Gasteiger partial charge in [0.05, 0.1) is 11.9 Å². The van der Waals surface area contributed by atoms with Crippen LogP contribution in [0, 0.1) is 0 Å². The fourth-order valence-electron chi connectivity index (χ4n) is 2.32. The third-order valence-corrected chi connectivity index (χ3v) is 3.40. The van der Waals surface area contributed by atoms with Gasteiger partial charge in [-0.05, 0) is 19.1 Å². The molecule has 1 N–H and O–H groups in total. The maximum Gasteiger partial charge on any atom is 0.0550 e. The van der Waals surface area contributed by atoms with Crippen molar-refractivity contribution in [2.45, 2.75) is 13.0 Å². The maximum atomic E-state index is 4.16. The monoisotopic (exact) mass is 234 g/mol. The molecular formula is C13H22N4. The van der Waals surface area contributed by atoms with Crippen LogP contribution in [0.25, 0.3) is 0 Å². The number of aromatic nitrogens is 1. The molecule has 0 saturated carbocycles. The van der Waals surface area contributed by atoms with Crippen molar-refractivity contribution >= 4 is 5.69 Å². The number of likely N-dealkylation sites (N-methyl/N-ethyl adjacent to an activating group) is 1. The second kappa shape index (κ2) is 5.98. The van der Waals surface area contributed by atoms with E-state index in [1.165, 1.54) is 5.69 Å². The van der Waals surface area contributed by atoms with E-state index < -0.39 is 0 Å². The first-order chi connectivity index (χ1) is 8.27. The van der Waals surface area contributed by atoms with Crippen molar-refractivity contribution in [2.75, 3.05) is 44.7 Å². The van der Waals surface area contributed by atoms with Gasteiger partial charge in [0, 0.05) is 52.0 Å². The summed E-state index contributed by atoms with van der Waals surface area (Å²) in [5, 5.41) is 3.39. The summed E-state index contributed by atoms with van der Waals surface area (Å²) in [6.45, 7) is 7.88. The number of hydrogen-bond donors (Lipinski definition) is 1. The van der Waals surface area contributed by atoms with Gasteiger partial charge >= 0.3 is 0 Å². The van der Waals surface area contributed by atoms with Gasteiger partial charge in [-0.15, -0.1) is 0 Å². The van der Waals surface area contributed by atoms with Crippen LogP contribution in [0.15, 0.2) is 24.5 Å². The summed E-state index contributed by atoms with van der Waals surface area (Å²) in [6, 6.07) is 4.68. The quantitative estimate of drug-likeness (QED) is 0.835. The van der Waals surface area contributed by atoms with Crippen molar-refractivity contribution < 1.29 is 0 Å². The van der Waals surface area contributed by atoms with Crippen molar-refractivity contribution in [3.63, 3.8) is 0 Å². The van der Waals surface area contributed by atoms with Gasteiger partial charge in [-0.3, -0.25) is 9.88 Å².